The minimum Gasteiger partial charge on any atom is -0.355 e. The molecule has 0 spiro atoms. The average molecular weight is 313 g/mol. The van der Waals surface area contributed by atoms with Gasteiger partial charge in [-0.05, 0) is 44.6 Å². The molecule has 2 bridgehead atoms. The fraction of sp³-hybridized carbons (Fsp3) is 0.706. The molecule has 0 aromatic carbocycles. The van der Waals surface area contributed by atoms with Gasteiger partial charge in [-0.1, -0.05) is 11.6 Å². The van der Waals surface area contributed by atoms with Gasteiger partial charge in [0.15, 0.2) is 0 Å². The van der Waals surface area contributed by atoms with Crippen LogP contribution in [0.3, 0.4) is 0 Å². The molecular weight excluding hydrogens is 290 g/mol. The van der Waals surface area contributed by atoms with Gasteiger partial charge < -0.3 is 9.42 Å². The van der Waals surface area contributed by atoms with Gasteiger partial charge in [0, 0.05) is 25.7 Å². The highest BCUT2D eigenvalue weighted by Crippen LogP contribution is 2.39. The summed E-state index contributed by atoms with van der Waals surface area (Å²) in [5.41, 5.74) is 1.51. The maximum Gasteiger partial charge on any atom is 0.263 e. The van der Waals surface area contributed by atoms with E-state index >= 15 is 0 Å². The first-order chi connectivity index (χ1) is 11.3. The monoisotopic (exact) mass is 313 g/mol. The molecule has 3 fully saturated rings. The minimum atomic E-state index is 0.613. The number of anilines is 1. The highest BCUT2D eigenvalue weighted by atomic mass is 16.5. The van der Waals surface area contributed by atoms with Crippen LogP contribution < -0.4 is 4.90 Å². The fourth-order valence-corrected chi connectivity index (χ4v) is 5.08. The lowest BCUT2D eigenvalue weighted by molar-refractivity contribution is 0.0185. The van der Waals surface area contributed by atoms with Crippen molar-refractivity contribution in [2.45, 2.75) is 38.6 Å². The van der Waals surface area contributed by atoms with E-state index in [1.807, 2.05) is 6.92 Å². The second-order valence-corrected chi connectivity index (χ2v) is 7.47. The zero-order valence-corrected chi connectivity index (χ0v) is 13.6. The van der Waals surface area contributed by atoms with E-state index in [0.29, 0.717) is 5.71 Å². The van der Waals surface area contributed by atoms with E-state index in [4.69, 9.17) is 4.52 Å². The molecule has 0 amide bonds. The van der Waals surface area contributed by atoms with Crippen molar-refractivity contribution in [3.63, 3.8) is 0 Å². The molecule has 0 N–H and O–H groups in total. The van der Waals surface area contributed by atoms with Crippen molar-refractivity contribution in [2.75, 3.05) is 31.1 Å². The Bertz CT molecular complexity index is 729. The van der Waals surface area contributed by atoms with Gasteiger partial charge in [-0.2, -0.15) is 4.98 Å². The van der Waals surface area contributed by atoms with Crippen LogP contribution in [-0.2, 0) is 0 Å². The predicted molar refractivity (Wildman–Crippen MR) is 87.4 cm³/mol. The summed E-state index contributed by atoms with van der Waals surface area (Å²) in [6.45, 7) is 6.74. The number of hydrogen-bond donors (Lipinski definition) is 0. The van der Waals surface area contributed by atoms with Crippen molar-refractivity contribution in [1.82, 2.24) is 20.0 Å². The third-order valence-electron chi connectivity index (χ3n) is 5.99. The molecule has 0 saturated carbocycles. The van der Waals surface area contributed by atoms with Crippen LogP contribution in [0.2, 0.25) is 0 Å². The first-order valence-corrected chi connectivity index (χ1v) is 8.85. The molecule has 2 aromatic heterocycles. The molecule has 0 radical (unpaired) electrons. The zero-order valence-electron chi connectivity index (χ0n) is 13.6. The van der Waals surface area contributed by atoms with Crippen molar-refractivity contribution in [3.05, 3.63) is 12.0 Å². The lowest BCUT2D eigenvalue weighted by atomic mass is 9.76. The van der Waals surface area contributed by atoms with Crippen LogP contribution in [0.5, 0.6) is 0 Å². The van der Waals surface area contributed by atoms with Gasteiger partial charge in [-0.25, -0.2) is 4.98 Å². The first-order valence-electron chi connectivity index (χ1n) is 8.85. The van der Waals surface area contributed by atoms with Crippen LogP contribution in [0.15, 0.2) is 10.9 Å². The van der Waals surface area contributed by atoms with Gasteiger partial charge in [0.2, 0.25) is 0 Å². The molecule has 23 heavy (non-hydrogen) atoms. The quantitative estimate of drug-likeness (QED) is 0.805. The Morgan fingerprint density at radius 3 is 3.09 bits per heavy atom. The Morgan fingerprint density at radius 1 is 1.17 bits per heavy atom. The number of aryl methyl sites for hydroxylation is 1. The molecule has 5 heterocycles. The number of nitrogens with zero attached hydrogens (tertiary/aromatic N) is 5. The molecular formula is C17H23N5O. The average Bonchev–Trinajstić information content (AvgIpc) is 2.96. The summed E-state index contributed by atoms with van der Waals surface area (Å²) in [5, 5.41) is 5.07. The second-order valence-electron chi connectivity index (χ2n) is 7.47. The highest BCUT2D eigenvalue weighted by Gasteiger charge is 2.42. The summed E-state index contributed by atoms with van der Waals surface area (Å²) in [6.07, 6.45) is 7.14. The molecule has 5 rings (SSSR count). The Labute approximate surface area is 135 Å². The number of rotatable bonds is 1. The van der Waals surface area contributed by atoms with E-state index in [1.165, 1.54) is 38.8 Å². The number of piperidine rings is 3. The van der Waals surface area contributed by atoms with E-state index in [2.05, 4.69) is 24.9 Å². The first kappa shape index (κ1) is 13.7. The molecule has 122 valence electrons. The van der Waals surface area contributed by atoms with Crippen LogP contribution in [0.1, 0.15) is 31.4 Å². The second kappa shape index (κ2) is 5.16. The van der Waals surface area contributed by atoms with Crippen LogP contribution >= 0.6 is 0 Å². The van der Waals surface area contributed by atoms with E-state index in [-0.39, 0.29) is 0 Å². The molecule has 3 aliphatic rings. The number of aromatic nitrogens is 3. The standard InChI is InChI=1S/C17H23N5O/c1-11-15-16(18-10-19-17(15)23-20-11)22-8-12-6-13(9-22)14-4-2-3-5-21(14)7-12/h10,12-14H,2-9H2,1H3/t12-,13-,14+/m1/s1. The lowest BCUT2D eigenvalue weighted by Gasteiger charge is -2.52. The fourth-order valence-electron chi connectivity index (χ4n) is 5.08. The largest absolute Gasteiger partial charge is 0.355 e. The van der Waals surface area contributed by atoms with Gasteiger partial charge in [0.1, 0.15) is 17.5 Å². The molecule has 6 nitrogen and oxygen atoms in total. The van der Waals surface area contributed by atoms with Gasteiger partial charge in [0.25, 0.3) is 5.71 Å². The summed E-state index contributed by atoms with van der Waals surface area (Å²) in [5.74, 6) is 2.55. The third-order valence-corrected chi connectivity index (χ3v) is 5.99. The number of fused-ring (bicyclic) bond motifs is 5. The van der Waals surface area contributed by atoms with Crippen LogP contribution in [0.25, 0.3) is 11.1 Å². The summed E-state index contributed by atoms with van der Waals surface area (Å²) in [6, 6.07) is 0.781. The smallest absolute Gasteiger partial charge is 0.263 e. The SMILES string of the molecule is Cc1noc2ncnc(N3C[C@@H]4C[C@H](C3)[C@@H]3CCCCN3C4)c12. The predicted octanol–water partition coefficient (Wildman–Crippen LogP) is 2.24. The molecule has 0 aliphatic carbocycles. The molecule has 2 aromatic rings. The normalized spacial score (nSPS) is 31.3. The number of hydrogen-bond acceptors (Lipinski definition) is 6. The molecule has 3 atom stereocenters. The Hall–Kier alpha value is -1.69. The van der Waals surface area contributed by atoms with E-state index in [0.717, 1.165) is 47.9 Å². The van der Waals surface area contributed by atoms with Crippen LogP contribution in [0, 0.1) is 18.8 Å². The maximum absolute atomic E-state index is 5.32. The van der Waals surface area contributed by atoms with Crippen molar-refractivity contribution in [3.8, 4) is 0 Å². The molecule has 6 heteroatoms. The minimum absolute atomic E-state index is 0.613. The topological polar surface area (TPSA) is 58.3 Å². The Balaban J connectivity index is 1.49. The maximum atomic E-state index is 5.32. The van der Waals surface area contributed by atoms with Gasteiger partial charge in [0.05, 0.1) is 5.69 Å². The van der Waals surface area contributed by atoms with Crippen molar-refractivity contribution in [2.24, 2.45) is 11.8 Å². The van der Waals surface area contributed by atoms with E-state index in [9.17, 15) is 0 Å². The molecule has 0 unspecified atom stereocenters. The Morgan fingerprint density at radius 2 is 2.13 bits per heavy atom. The Kier molecular flexibility index (Phi) is 3.08. The van der Waals surface area contributed by atoms with Crippen LogP contribution in [0.4, 0.5) is 5.82 Å². The van der Waals surface area contributed by atoms with Gasteiger partial charge >= 0.3 is 0 Å². The van der Waals surface area contributed by atoms with E-state index < -0.39 is 0 Å². The molecule has 3 saturated heterocycles. The van der Waals surface area contributed by atoms with Crippen LogP contribution in [-0.4, -0.2) is 52.2 Å². The van der Waals surface area contributed by atoms with Gasteiger partial charge in [-0.15, -0.1) is 0 Å². The van der Waals surface area contributed by atoms with Crippen molar-refractivity contribution < 1.29 is 4.52 Å². The lowest BCUT2D eigenvalue weighted by Crippen LogP contribution is -2.59. The summed E-state index contributed by atoms with van der Waals surface area (Å²) in [7, 11) is 0. The zero-order chi connectivity index (χ0) is 15.4. The summed E-state index contributed by atoms with van der Waals surface area (Å²) in [4.78, 5) is 14.1. The van der Waals surface area contributed by atoms with Gasteiger partial charge in [-0.3, -0.25) is 4.90 Å². The summed E-state index contributed by atoms with van der Waals surface area (Å²) < 4.78 is 5.32. The van der Waals surface area contributed by atoms with E-state index in [1.54, 1.807) is 6.33 Å². The highest BCUT2D eigenvalue weighted by molar-refractivity contribution is 5.87. The summed E-state index contributed by atoms with van der Waals surface area (Å²) >= 11 is 0. The third kappa shape index (κ3) is 2.15. The molecule has 3 aliphatic heterocycles. The van der Waals surface area contributed by atoms with Crippen molar-refractivity contribution in [1.29, 1.82) is 0 Å². The van der Waals surface area contributed by atoms with Crippen molar-refractivity contribution >= 4 is 16.9 Å².